The third-order valence-electron chi connectivity index (χ3n) is 2.48. The van der Waals surface area contributed by atoms with E-state index in [1.807, 2.05) is 6.07 Å². The van der Waals surface area contributed by atoms with Crippen molar-refractivity contribution in [2.75, 3.05) is 11.9 Å². The quantitative estimate of drug-likeness (QED) is 0.914. The van der Waals surface area contributed by atoms with E-state index in [0.717, 1.165) is 6.54 Å². The van der Waals surface area contributed by atoms with Crippen molar-refractivity contribution in [1.82, 2.24) is 0 Å². The van der Waals surface area contributed by atoms with Gasteiger partial charge in [0.1, 0.15) is 6.07 Å². The first-order valence-electron chi connectivity index (χ1n) is 4.84. The van der Waals surface area contributed by atoms with E-state index in [-0.39, 0.29) is 10.3 Å². The number of nitrogens with one attached hydrogen (secondary N) is 1. The molecule has 0 bridgehead atoms. The molecular formula is C11H10BrFN2. The van der Waals surface area contributed by atoms with Gasteiger partial charge in [0.25, 0.3) is 0 Å². The third kappa shape index (κ3) is 2.29. The number of nitriles is 1. The molecule has 0 atom stereocenters. The number of rotatable bonds is 3. The van der Waals surface area contributed by atoms with Crippen LogP contribution in [0.1, 0.15) is 18.4 Å². The summed E-state index contributed by atoms with van der Waals surface area (Å²) in [5.74, 6) is 0.313. The molecule has 1 aromatic carbocycles. The van der Waals surface area contributed by atoms with E-state index in [1.165, 1.54) is 12.8 Å². The highest BCUT2D eigenvalue weighted by Crippen LogP contribution is 2.31. The van der Waals surface area contributed by atoms with Gasteiger partial charge in [0.05, 0.1) is 15.7 Å². The fraction of sp³-hybridized carbons (Fsp3) is 0.364. The van der Waals surface area contributed by atoms with E-state index in [9.17, 15) is 4.39 Å². The van der Waals surface area contributed by atoms with Crippen molar-refractivity contribution in [1.29, 1.82) is 5.26 Å². The largest absolute Gasteiger partial charge is 0.382 e. The number of hydrogen-bond acceptors (Lipinski definition) is 2. The summed E-state index contributed by atoms with van der Waals surface area (Å²) >= 11 is 3.08. The van der Waals surface area contributed by atoms with Crippen LogP contribution in [0.25, 0.3) is 0 Å². The van der Waals surface area contributed by atoms with Gasteiger partial charge < -0.3 is 5.32 Å². The monoisotopic (exact) mass is 268 g/mol. The van der Waals surface area contributed by atoms with Crippen molar-refractivity contribution in [3.63, 3.8) is 0 Å². The summed E-state index contributed by atoms with van der Waals surface area (Å²) in [7, 11) is 0. The molecule has 4 heteroatoms. The maximum absolute atomic E-state index is 13.7. The van der Waals surface area contributed by atoms with Crippen molar-refractivity contribution < 1.29 is 4.39 Å². The third-order valence-corrected chi connectivity index (χ3v) is 3.26. The van der Waals surface area contributed by atoms with Gasteiger partial charge in [0.15, 0.2) is 5.82 Å². The zero-order chi connectivity index (χ0) is 10.8. The molecule has 0 radical (unpaired) electrons. The predicted molar refractivity (Wildman–Crippen MR) is 60.0 cm³/mol. The first-order chi connectivity index (χ1) is 7.22. The fourth-order valence-electron chi connectivity index (χ4n) is 1.35. The molecule has 1 saturated carbocycles. The number of halogens is 2. The Hall–Kier alpha value is -1.08. The van der Waals surface area contributed by atoms with E-state index < -0.39 is 0 Å². The van der Waals surface area contributed by atoms with Crippen LogP contribution in [0.15, 0.2) is 16.6 Å². The van der Waals surface area contributed by atoms with Crippen LogP contribution in [0, 0.1) is 23.1 Å². The summed E-state index contributed by atoms with van der Waals surface area (Å²) in [5.41, 5.74) is 0.789. The van der Waals surface area contributed by atoms with Gasteiger partial charge in [-0.25, -0.2) is 4.39 Å². The van der Waals surface area contributed by atoms with E-state index in [1.54, 1.807) is 12.1 Å². The summed E-state index contributed by atoms with van der Waals surface area (Å²) in [4.78, 5) is 0. The van der Waals surface area contributed by atoms with E-state index in [2.05, 4.69) is 21.2 Å². The Balaban J connectivity index is 2.17. The smallest absolute Gasteiger partial charge is 0.161 e. The molecule has 0 aromatic heterocycles. The van der Waals surface area contributed by atoms with Crippen molar-refractivity contribution in [3.05, 3.63) is 28.0 Å². The average Bonchev–Trinajstić information content (AvgIpc) is 3.04. The van der Waals surface area contributed by atoms with Crippen LogP contribution in [0.4, 0.5) is 10.1 Å². The Labute approximate surface area is 96.2 Å². The molecule has 1 aliphatic carbocycles. The Morgan fingerprint density at radius 1 is 1.53 bits per heavy atom. The minimum absolute atomic E-state index is 0.241. The van der Waals surface area contributed by atoms with Crippen molar-refractivity contribution in [2.24, 2.45) is 5.92 Å². The Morgan fingerprint density at radius 3 is 2.87 bits per heavy atom. The molecule has 0 aliphatic heterocycles. The second kappa shape index (κ2) is 4.19. The second-order valence-corrected chi connectivity index (χ2v) is 4.52. The van der Waals surface area contributed by atoms with E-state index in [4.69, 9.17) is 5.26 Å². The van der Waals surface area contributed by atoms with E-state index >= 15 is 0 Å². The SMILES string of the molecule is N#Cc1ccc(NCC2CC2)c(F)c1Br. The number of benzene rings is 1. The van der Waals surface area contributed by atoms with Gasteiger partial charge in [-0.3, -0.25) is 0 Å². The molecule has 0 unspecified atom stereocenters. The first kappa shape index (κ1) is 10.4. The highest BCUT2D eigenvalue weighted by Gasteiger charge is 2.21. The molecule has 0 amide bonds. The Kier molecular flexibility index (Phi) is 2.92. The topological polar surface area (TPSA) is 35.8 Å². The average molecular weight is 269 g/mol. The molecule has 1 aromatic rings. The fourth-order valence-corrected chi connectivity index (χ4v) is 1.78. The van der Waals surface area contributed by atoms with Gasteiger partial charge in [-0.15, -0.1) is 0 Å². The van der Waals surface area contributed by atoms with Gasteiger partial charge in [0.2, 0.25) is 0 Å². The molecule has 15 heavy (non-hydrogen) atoms. The van der Waals surface area contributed by atoms with Gasteiger partial charge in [0, 0.05) is 6.54 Å². The lowest BCUT2D eigenvalue weighted by Gasteiger charge is -2.08. The maximum atomic E-state index is 13.7. The lowest BCUT2D eigenvalue weighted by atomic mass is 10.2. The number of anilines is 1. The summed E-state index contributed by atoms with van der Waals surface area (Å²) in [5, 5.41) is 11.7. The summed E-state index contributed by atoms with van der Waals surface area (Å²) < 4.78 is 13.9. The molecular weight excluding hydrogens is 259 g/mol. The summed E-state index contributed by atoms with van der Waals surface area (Å²) in [6.07, 6.45) is 2.46. The maximum Gasteiger partial charge on any atom is 0.161 e. The summed E-state index contributed by atoms with van der Waals surface area (Å²) in [6, 6.07) is 5.15. The van der Waals surface area contributed by atoms with Crippen LogP contribution >= 0.6 is 15.9 Å². The first-order valence-corrected chi connectivity index (χ1v) is 5.63. The summed E-state index contributed by atoms with van der Waals surface area (Å²) in [6.45, 7) is 0.815. The van der Waals surface area contributed by atoms with Crippen LogP contribution in [0.5, 0.6) is 0 Å². The predicted octanol–water partition coefficient (Wildman–Crippen LogP) is 3.28. The van der Waals surface area contributed by atoms with Gasteiger partial charge in [-0.05, 0) is 46.8 Å². The molecule has 0 saturated heterocycles. The van der Waals surface area contributed by atoms with Crippen molar-refractivity contribution in [2.45, 2.75) is 12.8 Å². The Morgan fingerprint density at radius 2 is 2.27 bits per heavy atom. The molecule has 1 fully saturated rings. The van der Waals surface area contributed by atoms with Gasteiger partial charge >= 0.3 is 0 Å². The molecule has 2 nitrogen and oxygen atoms in total. The standard InChI is InChI=1S/C11H10BrFN2/c12-10-8(5-14)3-4-9(11(10)13)15-6-7-1-2-7/h3-4,7,15H,1-2,6H2. The number of hydrogen-bond donors (Lipinski definition) is 1. The molecule has 1 aliphatic rings. The molecule has 2 rings (SSSR count). The lowest BCUT2D eigenvalue weighted by molar-refractivity contribution is 0.622. The Bertz CT molecular complexity index is 421. The van der Waals surface area contributed by atoms with Crippen LogP contribution in [0.2, 0.25) is 0 Å². The van der Waals surface area contributed by atoms with Gasteiger partial charge in [-0.1, -0.05) is 0 Å². The number of nitrogens with zero attached hydrogens (tertiary/aromatic N) is 1. The molecule has 0 spiro atoms. The lowest BCUT2D eigenvalue weighted by Crippen LogP contribution is -2.05. The van der Waals surface area contributed by atoms with Gasteiger partial charge in [-0.2, -0.15) is 5.26 Å². The molecule has 1 N–H and O–H groups in total. The van der Waals surface area contributed by atoms with Crippen molar-refractivity contribution >= 4 is 21.6 Å². The second-order valence-electron chi connectivity index (χ2n) is 3.72. The minimum atomic E-state index is -0.380. The minimum Gasteiger partial charge on any atom is -0.382 e. The van der Waals surface area contributed by atoms with Crippen LogP contribution < -0.4 is 5.32 Å². The van der Waals surface area contributed by atoms with E-state index in [0.29, 0.717) is 17.2 Å². The zero-order valence-electron chi connectivity index (χ0n) is 8.06. The molecule has 0 heterocycles. The zero-order valence-corrected chi connectivity index (χ0v) is 9.64. The highest BCUT2D eigenvalue weighted by molar-refractivity contribution is 9.10. The van der Waals surface area contributed by atoms with Crippen LogP contribution in [-0.4, -0.2) is 6.54 Å². The highest BCUT2D eigenvalue weighted by atomic mass is 79.9. The normalized spacial score (nSPS) is 14.7. The van der Waals surface area contributed by atoms with Crippen LogP contribution in [0.3, 0.4) is 0 Å². The molecule has 78 valence electrons. The van der Waals surface area contributed by atoms with Crippen LogP contribution in [-0.2, 0) is 0 Å². The van der Waals surface area contributed by atoms with Crippen molar-refractivity contribution in [3.8, 4) is 6.07 Å².